The van der Waals surface area contributed by atoms with Crippen LogP contribution >= 0.6 is 11.3 Å². The van der Waals surface area contributed by atoms with Crippen LogP contribution in [0.5, 0.6) is 0 Å². The summed E-state index contributed by atoms with van der Waals surface area (Å²) in [4.78, 5) is 41.0. The van der Waals surface area contributed by atoms with Gasteiger partial charge in [0.15, 0.2) is 10.9 Å². The van der Waals surface area contributed by atoms with Crippen LogP contribution in [0.15, 0.2) is 52.6 Å². The highest BCUT2D eigenvalue weighted by atomic mass is 32.1. The summed E-state index contributed by atoms with van der Waals surface area (Å²) in [6, 6.07) is 7.83. The molecule has 0 spiro atoms. The summed E-state index contributed by atoms with van der Waals surface area (Å²) in [5.41, 5.74) is 1.73. The first-order valence-corrected chi connectivity index (χ1v) is 11.5. The molecule has 2 aromatic heterocycles. The number of anilines is 1. The largest absolute Gasteiger partial charge is 0.462 e. The Morgan fingerprint density at radius 2 is 1.74 bits per heavy atom. The Morgan fingerprint density at radius 3 is 2.35 bits per heavy atom. The molecule has 2 unspecified atom stereocenters. The zero-order chi connectivity index (χ0) is 24.1. The van der Waals surface area contributed by atoms with E-state index in [-0.39, 0.29) is 42.3 Å². The summed E-state index contributed by atoms with van der Waals surface area (Å²) >= 11 is 1.30. The second-order valence-corrected chi connectivity index (χ2v) is 8.67. The number of carbonyl (C=O) groups is 3. The van der Waals surface area contributed by atoms with E-state index in [1.54, 1.807) is 11.6 Å². The molecule has 0 fully saturated rings. The predicted octanol–water partition coefficient (Wildman–Crippen LogP) is 4.51. The molecule has 3 aromatic rings. The molecule has 0 aliphatic heterocycles. The number of halogens is 2. The minimum absolute atomic E-state index is 0.0271. The normalized spacial score (nSPS) is 17.1. The number of aromatic nitrogens is 1. The number of nitrogens with zero attached hydrogens (tertiary/aromatic N) is 1. The van der Waals surface area contributed by atoms with Gasteiger partial charge < -0.3 is 20.4 Å². The van der Waals surface area contributed by atoms with Gasteiger partial charge in [-0.2, -0.15) is 0 Å². The molecule has 0 saturated carbocycles. The van der Waals surface area contributed by atoms with Crippen molar-refractivity contribution >= 4 is 34.2 Å². The Morgan fingerprint density at radius 1 is 1.06 bits per heavy atom. The molecule has 3 N–H and O–H groups in total. The summed E-state index contributed by atoms with van der Waals surface area (Å²) in [6.45, 7) is 0. The molecule has 8 nitrogen and oxygen atoms in total. The fraction of sp³-hybridized carbons (Fsp3) is 0.304. The third kappa shape index (κ3) is 5.66. The van der Waals surface area contributed by atoms with Crippen molar-refractivity contribution in [2.45, 2.75) is 44.2 Å². The van der Waals surface area contributed by atoms with Gasteiger partial charge in [0.25, 0.3) is 12.3 Å². The fourth-order valence-corrected chi connectivity index (χ4v) is 4.42. The highest BCUT2D eigenvalue weighted by Crippen LogP contribution is 2.36. The average molecular weight is 489 g/mol. The van der Waals surface area contributed by atoms with Gasteiger partial charge in [0, 0.05) is 24.4 Å². The number of fused-ring (bicyclic) bond motifs is 1. The standard InChI is InChI=1S/C23H22F2N4O4S/c24-21(25)18-11-13(12-33-18)22(32)28-17-6-5-16(14-3-1-2-4-15(14)17)27-19(30)7-8-20(31)29-23-26-9-10-34-23/h1-4,9-12,16-17,21H,5-8H2,(H,27,30)(H,28,32)(H,26,29,31). The SMILES string of the molecule is O=C(CCC(=O)NC1CCC(NC(=O)c2coc(C(F)F)c2)c2ccccc21)Nc1nccs1. The topological polar surface area (TPSA) is 113 Å². The van der Waals surface area contributed by atoms with Crippen molar-refractivity contribution in [1.29, 1.82) is 0 Å². The number of hydrogen-bond donors (Lipinski definition) is 3. The van der Waals surface area contributed by atoms with Crippen LogP contribution < -0.4 is 16.0 Å². The molecule has 3 amide bonds. The minimum Gasteiger partial charge on any atom is -0.462 e. The lowest BCUT2D eigenvalue weighted by Crippen LogP contribution is -2.36. The molecule has 178 valence electrons. The molecule has 0 radical (unpaired) electrons. The Balaban J connectivity index is 1.35. The maximum absolute atomic E-state index is 12.7. The number of amides is 3. The van der Waals surface area contributed by atoms with E-state index >= 15 is 0 Å². The average Bonchev–Trinajstić information content (AvgIpc) is 3.52. The van der Waals surface area contributed by atoms with E-state index in [9.17, 15) is 23.2 Å². The summed E-state index contributed by atoms with van der Waals surface area (Å²) in [5.74, 6) is -1.61. The first-order valence-electron chi connectivity index (χ1n) is 10.7. The Kier molecular flexibility index (Phi) is 7.31. The molecule has 1 aliphatic rings. The monoisotopic (exact) mass is 488 g/mol. The van der Waals surface area contributed by atoms with Crippen LogP contribution in [0.4, 0.5) is 13.9 Å². The minimum atomic E-state index is -2.79. The Bertz CT molecular complexity index is 1170. The van der Waals surface area contributed by atoms with E-state index in [4.69, 9.17) is 4.42 Å². The highest BCUT2D eigenvalue weighted by Gasteiger charge is 2.29. The van der Waals surface area contributed by atoms with E-state index < -0.39 is 18.1 Å². The third-order valence-corrected chi connectivity index (χ3v) is 6.17. The Hall–Kier alpha value is -3.60. The van der Waals surface area contributed by atoms with Gasteiger partial charge in [0.2, 0.25) is 11.8 Å². The molecule has 2 heterocycles. The van der Waals surface area contributed by atoms with Gasteiger partial charge in [0.1, 0.15) is 6.26 Å². The second kappa shape index (κ2) is 10.6. The summed E-state index contributed by atoms with van der Waals surface area (Å²) in [7, 11) is 0. The van der Waals surface area contributed by atoms with Crippen LogP contribution in [0.2, 0.25) is 0 Å². The van der Waals surface area contributed by atoms with Gasteiger partial charge >= 0.3 is 0 Å². The van der Waals surface area contributed by atoms with Gasteiger partial charge in [-0.1, -0.05) is 24.3 Å². The number of furan rings is 1. The van der Waals surface area contributed by atoms with E-state index in [0.29, 0.717) is 18.0 Å². The highest BCUT2D eigenvalue weighted by molar-refractivity contribution is 7.13. The second-order valence-electron chi connectivity index (χ2n) is 7.78. The quantitative estimate of drug-likeness (QED) is 0.432. The van der Waals surface area contributed by atoms with E-state index in [1.807, 2.05) is 24.3 Å². The van der Waals surface area contributed by atoms with Crippen molar-refractivity contribution in [2.24, 2.45) is 0 Å². The van der Waals surface area contributed by atoms with Crippen molar-refractivity contribution in [1.82, 2.24) is 15.6 Å². The maximum atomic E-state index is 12.7. The van der Waals surface area contributed by atoms with Crippen molar-refractivity contribution < 1.29 is 27.6 Å². The predicted molar refractivity (Wildman–Crippen MR) is 120 cm³/mol. The fourth-order valence-electron chi connectivity index (χ4n) is 3.88. The van der Waals surface area contributed by atoms with E-state index in [1.165, 1.54) is 11.3 Å². The van der Waals surface area contributed by atoms with Crippen LogP contribution in [0.3, 0.4) is 0 Å². The van der Waals surface area contributed by atoms with Gasteiger partial charge in [0.05, 0.1) is 17.6 Å². The Labute approximate surface area is 197 Å². The molecule has 2 atom stereocenters. The van der Waals surface area contributed by atoms with Crippen molar-refractivity contribution in [3.05, 3.63) is 70.6 Å². The first-order chi connectivity index (χ1) is 16.4. The molecule has 34 heavy (non-hydrogen) atoms. The van der Waals surface area contributed by atoms with Crippen molar-refractivity contribution in [3.63, 3.8) is 0 Å². The number of rotatable bonds is 8. The van der Waals surface area contributed by atoms with Gasteiger partial charge in [-0.05, 0) is 30.0 Å². The van der Waals surface area contributed by atoms with Crippen LogP contribution in [0.25, 0.3) is 0 Å². The van der Waals surface area contributed by atoms with Gasteiger partial charge in [-0.25, -0.2) is 13.8 Å². The van der Waals surface area contributed by atoms with E-state index in [0.717, 1.165) is 23.5 Å². The number of carbonyl (C=O) groups excluding carboxylic acids is 3. The van der Waals surface area contributed by atoms with E-state index in [2.05, 4.69) is 20.9 Å². The van der Waals surface area contributed by atoms with Crippen molar-refractivity contribution in [3.8, 4) is 0 Å². The third-order valence-electron chi connectivity index (χ3n) is 5.49. The summed E-state index contributed by atoms with van der Waals surface area (Å²) in [6.07, 6.45) is 0.968. The van der Waals surface area contributed by atoms with Crippen LogP contribution in [0, 0.1) is 0 Å². The number of alkyl halides is 2. The number of hydrogen-bond acceptors (Lipinski definition) is 6. The molecule has 1 aliphatic carbocycles. The van der Waals surface area contributed by atoms with Crippen LogP contribution in [0.1, 0.15) is 71.4 Å². The lowest BCUT2D eigenvalue weighted by atomic mass is 9.84. The summed E-state index contributed by atoms with van der Waals surface area (Å²) in [5, 5.41) is 10.7. The summed E-state index contributed by atoms with van der Waals surface area (Å²) < 4.78 is 30.2. The lowest BCUT2D eigenvalue weighted by Gasteiger charge is -2.32. The molecule has 1 aromatic carbocycles. The lowest BCUT2D eigenvalue weighted by molar-refractivity contribution is -0.125. The molecular formula is C23H22F2N4O4S. The maximum Gasteiger partial charge on any atom is 0.295 e. The van der Waals surface area contributed by atoms with Crippen molar-refractivity contribution in [2.75, 3.05) is 5.32 Å². The van der Waals surface area contributed by atoms with Gasteiger partial charge in [-0.15, -0.1) is 11.3 Å². The first kappa shape index (κ1) is 23.6. The van der Waals surface area contributed by atoms with Crippen LogP contribution in [-0.4, -0.2) is 22.7 Å². The molecule has 0 saturated heterocycles. The van der Waals surface area contributed by atoms with Crippen LogP contribution in [-0.2, 0) is 9.59 Å². The molecular weight excluding hydrogens is 466 g/mol. The zero-order valence-electron chi connectivity index (χ0n) is 17.9. The molecule has 0 bridgehead atoms. The smallest absolute Gasteiger partial charge is 0.295 e. The zero-order valence-corrected chi connectivity index (χ0v) is 18.7. The molecule has 11 heteroatoms. The number of benzene rings is 1. The number of nitrogens with one attached hydrogen (secondary N) is 3. The van der Waals surface area contributed by atoms with Gasteiger partial charge in [-0.3, -0.25) is 14.4 Å². The number of thiazole rings is 1. The molecule has 4 rings (SSSR count).